The average molecular weight is 1060 g/mol. The topological polar surface area (TPSA) is 240 Å². The lowest BCUT2D eigenvalue weighted by Crippen LogP contribution is -2.15. The molecule has 0 radical (unpaired) electrons. The summed E-state index contributed by atoms with van der Waals surface area (Å²) in [5, 5.41) is 0. The zero-order chi connectivity index (χ0) is 51.2. The Morgan fingerprint density at radius 1 is 0.197 bits per heavy atom. The van der Waals surface area contributed by atoms with E-state index >= 15 is 0 Å². The van der Waals surface area contributed by atoms with E-state index in [0.29, 0.717) is 264 Å². The highest BCUT2D eigenvalue weighted by Crippen LogP contribution is 2.39. The van der Waals surface area contributed by atoms with Crippen molar-refractivity contribution in [1.82, 2.24) is 0 Å². The Hall–Kier alpha value is -0.690. The van der Waals surface area contributed by atoms with E-state index < -0.39 is 7.37 Å². The smallest absolute Gasteiger partial charge is 0.205 e. The van der Waals surface area contributed by atoms with Gasteiger partial charge in [0.1, 0.15) is 0 Å². The largest absolute Gasteiger partial charge is 0.382 e. The van der Waals surface area contributed by atoms with Crippen molar-refractivity contribution in [2.45, 2.75) is 0 Å². The molecular weight excluding hydrogens is 967 g/mol. The molecule has 0 fully saturated rings. The molecule has 0 saturated heterocycles. The summed E-state index contributed by atoms with van der Waals surface area (Å²) in [7, 11) is -0.0702. The second kappa shape index (κ2) is 63.6. The monoisotopic (exact) mass is 1060 g/mol. The molecule has 0 unspecified atom stereocenters. The first-order chi connectivity index (χ1) is 35.1. The summed E-state index contributed by atoms with van der Waals surface area (Å²) in [6.07, 6.45) is 0.106. The van der Waals surface area contributed by atoms with Gasteiger partial charge in [-0.15, -0.1) is 0 Å². The third-order valence-corrected chi connectivity index (χ3v) is 10.5. The summed E-state index contributed by atoms with van der Waals surface area (Å²) in [5.74, 6) is 0. The van der Waals surface area contributed by atoms with E-state index in [1.165, 1.54) is 0 Å². The molecule has 25 heteroatoms. The molecule has 0 aromatic carbocycles. The van der Waals surface area contributed by atoms with Crippen LogP contribution in [0.15, 0.2) is 0 Å². The summed E-state index contributed by atoms with van der Waals surface area (Å²) in [6.45, 7) is 19.4. The van der Waals surface area contributed by atoms with Crippen molar-refractivity contribution >= 4 is 7.37 Å². The number of methoxy groups -OCH3 is 2. The first-order valence-corrected chi connectivity index (χ1v) is 27.0. The third kappa shape index (κ3) is 65.4. The highest BCUT2D eigenvalue weighted by Gasteiger charge is 2.17. The van der Waals surface area contributed by atoms with Gasteiger partial charge in [0.05, 0.1) is 277 Å². The summed E-state index contributed by atoms with van der Waals surface area (Å²) < 4.78 is 131. The van der Waals surface area contributed by atoms with Gasteiger partial charge in [-0.2, -0.15) is 0 Å². The van der Waals surface area contributed by atoms with E-state index in [1.54, 1.807) is 14.2 Å². The number of rotatable bonds is 66. The molecule has 0 aliphatic rings. The standard InChI is InChI=1S/C46H95O24P/c1-49-3-5-51-7-9-53-11-13-55-15-17-57-19-21-59-23-25-61-27-29-63-31-33-65-35-37-67-39-41-69-43-45-71(47,48)46-44-70-42-40-68-38-36-66-34-32-64-30-28-62-26-24-60-22-20-58-18-16-56-14-12-54-10-8-52-6-4-50-2/h3-46H2,1-2H3,(H,47,48). The van der Waals surface area contributed by atoms with Gasteiger partial charge < -0.3 is 109 Å². The summed E-state index contributed by atoms with van der Waals surface area (Å²) >= 11 is 0. The van der Waals surface area contributed by atoms with Crippen LogP contribution in [0.2, 0.25) is 0 Å². The van der Waals surface area contributed by atoms with Crippen molar-refractivity contribution in [3.05, 3.63) is 0 Å². The maximum Gasteiger partial charge on any atom is 0.205 e. The Morgan fingerprint density at radius 3 is 0.408 bits per heavy atom. The average Bonchev–Trinajstić information content (AvgIpc) is 3.37. The van der Waals surface area contributed by atoms with Crippen LogP contribution in [-0.2, 0) is 109 Å². The van der Waals surface area contributed by atoms with Gasteiger partial charge in [-0.3, -0.25) is 4.57 Å². The van der Waals surface area contributed by atoms with Crippen LogP contribution in [0.1, 0.15) is 0 Å². The second-order valence-electron chi connectivity index (χ2n) is 14.5. The van der Waals surface area contributed by atoms with Crippen molar-refractivity contribution < 1.29 is 114 Å². The number of hydrogen-bond acceptors (Lipinski definition) is 23. The summed E-state index contributed by atoms with van der Waals surface area (Å²) in [5.41, 5.74) is 0. The zero-order valence-corrected chi connectivity index (χ0v) is 44.3. The lowest BCUT2D eigenvalue weighted by Gasteiger charge is -2.12. The molecule has 0 rings (SSSR count). The maximum absolute atomic E-state index is 12.4. The Kier molecular flexibility index (Phi) is 63.0. The highest BCUT2D eigenvalue weighted by molar-refractivity contribution is 7.58. The minimum atomic E-state index is -3.35. The molecule has 0 atom stereocenters. The lowest BCUT2D eigenvalue weighted by atomic mass is 10.6. The van der Waals surface area contributed by atoms with Crippen LogP contribution >= 0.6 is 7.37 Å². The van der Waals surface area contributed by atoms with Crippen LogP contribution in [0, 0.1) is 0 Å². The Bertz CT molecular complexity index is 944. The van der Waals surface area contributed by atoms with Crippen LogP contribution in [0.5, 0.6) is 0 Å². The number of ether oxygens (including phenoxy) is 22. The van der Waals surface area contributed by atoms with Crippen molar-refractivity contribution in [3.8, 4) is 0 Å². The van der Waals surface area contributed by atoms with Crippen LogP contribution in [0.4, 0.5) is 0 Å². The molecule has 0 aromatic heterocycles. The maximum atomic E-state index is 12.4. The minimum absolute atomic E-state index is 0.0528. The van der Waals surface area contributed by atoms with Crippen molar-refractivity contribution in [2.75, 3.05) is 304 Å². The van der Waals surface area contributed by atoms with Crippen molar-refractivity contribution in [1.29, 1.82) is 0 Å². The summed E-state index contributed by atoms with van der Waals surface area (Å²) in [4.78, 5) is 10.2. The fraction of sp³-hybridized carbons (Fsp3) is 1.00. The lowest BCUT2D eigenvalue weighted by molar-refractivity contribution is -0.0270. The quantitative estimate of drug-likeness (QED) is 0.0657. The van der Waals surface area contributed by atoms with Crippen LogP contribution in [0.25, 0.3) is 0 Å². The Morgan fingerprint density at radius 2 is 0.296 bits per heavy atom. The summed E-state index contributed by atoms with van der Waals surface area (Å²) in [6, 6.07) is 0. The van der Waals surface area contributed by atoms with E-state index in [0.717, 1.165) is 0 Å². The van der Waals surface area contributed by atoms with Crippen LogP contribution < -0.4 is 0 Å². The zero-order valence-electron chi connectivity index (χ0n) is 43.4. The molecule has 0 spiro atoms. The van der Waals surface area contributed by atoms with E-state index in [-0.39, 0.29) is 25.5 Å². The van der Waals surface area contributed by atoms with Gasteiger partial charge in [0.2, 0.25) is 7.37 Å². The molecule has 24 nitrogen and oxygen atoms in total. The van der Waals surface area contributed by atoms with Gasteiger partial charge in [0, 0.05) is 26.5 Å². The van der Waals surface area contributed by atoms with Crippen molar-refractivity contribution in [3.63, 3.8) is 0 Å². The van der Waals surface area contributed by atoms with Gasteiger partial charge in [-0.1, -0.05) is 0 Å². The van der Waals surface area contributed by atoms with E-state index in [4.69, 9.17) is 104 Å². The van der Waals surface area contributed by atoms with E-state index in [1.807, 2.05) is 0 Å². The molecule has 0 heterocycles. The van der Waals surface area contributed by atoms with Crippen LogP contribution in [-0.4, -0.2) is 309 Å². The number of hydrogen-bond donors (Lipinski definition) is 1. The van der Waals surface area contributed by atoms with Gasteiger partial charge in [-0.05, 0) is 0 Å². The predicted molar refractivity (Wildman–Crippen MR) is 260 cm³/mol. The van der Waals surface area contributed by atoms with Gasteiger partial charge in [-0.25, -0.2) is 0 Å². The first kappa shape index (κ1) is 70.3. The van der Waals surface area contributed by atoms with Crippen molar-refractivity contribution in [2.24, 2.45) is 0 Å². The molecule has 71 heavy (non-hydrogen) atoms. The highest BCUT2D eigenvalue weighted by atomic mass is 31.2. The Balaban J connectivity index is 3.21. The molecular formula is C46H95O24P. The predicted octanol–water partition coefficient (Wildman–Crippen LogP) is 0.882. The molecule has 0 saturated carbocycles. The van der Waals surface area contributed by atoms with E-state index in [2.05, 4.69) is 0 Å². The SMILES string of the molecule is COCCOCCOCCOCCOCCOCCOCCOCCOCCOCCOCCP(=O)(O)CCOCCOCCOCCOCCOCCOCCOCCOCCOCCOCCOC. The Labute approximate surface area is 424 Å². The first-order valence-electron chi connectivity index (χ1n) is 25.0. The molecule has 0 aromatic rings. The van der Waals surface area contributed by atoms with Gasteiger partial charge in [0.15, 0.2) is 0 Å². The molecule has 0 amide bonds. The van der Waals surface area contributed by atoms with Gasteiger partial charge >= 0.3 is 0 Å². The van der Waals surface area contributed by atoms with E-state index in [9.17, 15) is 9.46 Å². The molecule has 428 valence electrons. The normalized spacial score (nSPS) is 12.0. The molecule has 0 aliphatic carbocycles. The fourth-order valence-corrected chi connectivity index (χ4v) is 6.03. The van der Waals surface area contributed by atoms with Gasteiger partial charge in [0.25, 0.3) is 0 Å². The molecule has 0 bridgehead atoms. The van der Waals surface area contributed by atoms with Crippen LogP contribution in [0.3, 0.4) is 0 Å². The third-order valence-electron chi connectivity index (χ3n) is 8.73. The minimum Gasteiger partial charge on any atom is -0.382 e. The second-order valence-corrected chi connectivity index (χ2v) is 17.1. The molecule has 1 N–H and O–H groups in total. The molecule has 0 aliphatic heterocycles. The fourth-order valence-electron chi connectivity index (χ4n) is 4.97.